The highest BCUT2D eigenvalue weighted by Crippen LogP contribution is 2.30. The van der Waals surface area contributed by atoms with Crippen molar-refractivity contribution in [1.29, 1.82) is 0 Å². The van der Waals surface area contributed by atoms with Gasteiger partial charge in [0.25, 0.3) is 5.91 Å². The Morgan fingerprint density at radius 3 is 2.92 bits per heavy atom. The summed E-state index contributed by atoms with van der Waals surface area (Å²) < 4.78 is 0. The van der Waals surface area contributed by atoms with Crippen molar-refractivity contribution >= 4 is 17.2 Å². The Balaban J connectivity index is 1.43. The van der Waals surface area contributed by atoms with Crippen molar-refractivity contribution in [3.63, 3.8) is 0 Å². The number of carbonyl (C=O) groups excluding carboxylic acids is 1. The Labute approximate surface area is 156 Å². The molecule has 2 aromatic heterocycles. The zero-order valence-corrected chi connectivity index (χ0v) is 15.7. The maximum Gasteiger partial charge on any atom is 0.265 e. The number of H-pyrrole nitrogens is 1. The van der Waals surface area contributed by atoms with Crippen molar-refractivity contribution in [2.75, 3.05) is 13.1 Å². The highest BCUT2D eigenvalue weighted by atomic mass is 32.1. The molecule has 1 aromatic carbocycles. The van der Waals surface area contributed by atoms with Crippen molar-refractivity contribution in [2.24, 2.45) is 5.92 Å². The SMILES string of the molecule is CCc1nc(-c2ncn[nH]2)sc1C(=O)N1CC(Cc2cccc(C)c2)C1. The van der Waals surface area contributed by atoms with Gasteiger partial charge in [-0.3, -0.25) is 9.89 Å². The molecule has 4 rings (SSSR count). The van der Waals surface area contributed by atoms with Crippen LogP contribution in [0.1, 0.15) is 33.4 Å². The molecule has 6 nitrogen and oxygen atoms in total. The van der Waals surface area contributed by atoms with E-state index in [0.29, 0.717) is 11.7 Å². The topological polar surface area (TPSA) is 74.8 Å². The zero-order valence-electron chi connectivity index (χ0n) is 14.9. The van der Waals surface area contributed by atoms with Crippen LogP contribution in [0.4, 0.5) is 0 Å². The molecule has 26 heavy (non-hydrogen) atoms. The summed E-state index contributed by atoms with van der Waals surface area (Å²) in [6.45, 7) is 5.76. The van der Waals surface area contributed by atoms with E-state index in [0.717, 1.165) is 41.5 Å². The fourth-order valence-electron chi connectivity index (χ4n) is 3.35. The van der Waals surface area contributed by atoms with Gasteiger partial charge in [-0.1, -0.05) is 36.8 Å². The van der Waals surface area contributed by atoms with Crippen LogP contribution in [0.15, 0.2) is 30.6 Å². The molecule has 134 valence electrons. The molecule has 1 aliphatic rings. The molecule has 0 atom stereocenters. The number of rotatable bonds is 5. The first-order valence-corrected chi connectivity index (χ1v) is 9.66. The van der Waals surface area contributed by atoms with E-state index in [4.69, 9.17) is 0 Å². The van der Waals surface area contributed by atoms with Gasteiger partial charge in [0.1, 0.15) is 11.2 Å². The summed E-state index contributed by atoms with van der Waals surface area (Å²) in [5.41, 5.74) is 3.47. The van der Waals surface area contributed by atoms with Gasteiger partial charge in [0.2, 0.25) is 0 Å². The predicted molar refractivity (Wildman–Crippen MR) is 101 cm³/mol. The van der Waals surface area contributed by atoms with Gasteiger partial charge in [-0.2, -0.15) is 5.10 Å². The second-order valence-corrected chi connectivity index (χ2v) is 7.75. The number of aromatic nitrogens is 4. The van der Waals surface area contributed by atoms with E-state index >= 15 is 0 Å². The summed E-state index contributed by atoms with van der Waals surface area (Å²) >= 11 is 1.40. The van der Waals surface area contributed by atoms with Gasteiger partial charge in [0.15, 0.2) is 10.8 Å². The number of hydrogen-bond acceptors (Lipinski definition) is 5. The van der Waals surface area contributed by atoms with Crippen LogP contribution in [0, 0.1) is 12.8 Å². The Kier molecular flexibility index (Phi) is 4.55. The summed E-state index contributed by atoms with van der Waals surface area (Å²) in [7, 11) is 0. The van der Waals surface area contributed by atoms with Gasteiger partial charge < -0.3 is 4.90 Å². The van der Waals surface area contributed by atoms with E-state index in [1.807, 2.05) is 11.8 Å². The Bertz CT molecular complexity index is 912. The number of nitrogens with zero attached hydrogens (tertiary/aromatic N) is 4. The molecule has 0 aliphatic carbocycles. The maximum atomic E-state index is 12.9. The molecule has 3 heterocycles. The van der Waals surface area contributed by atoms with Crippen molar-refractivity contribution < 1.29 is 4.79 Å². The lowest BCUT2D eigenvalue weighted by Gasteiger charge is -2.39. The van der Waals surface area contributed by atoms with E-state index in [9.17, 15) is 4.79 Å². The number of hydrogen-bond donors (Lipinski definition) is 1. The first-order valence-electron chi connectivity index (χ1n) is 8.84. The number of amides is 1. The number of thiazole rings is 1. The third-order valence-corrected chi connectivity index (χ3v) is 5.79. The monoisotopic (exact) mass is 367 g/mol. The molecule has 0 saturated carbocycles. The van der Waals surface area contributed by atoms with Crippen molar-refractivity contribution in [3.05, 3.63) is 52.3 Å². The molecule has 1 N–H and O–H groups in total. The molecular formula is C19H21N5OS. The van der Waals surface area contributed by atoms with E-state index in [1.165, 1.54) is 28.8 Å². The van der Waals surface area contributed by atoms with Crippen LogP contribution in [-0.2, 0) is 12.8 Å². The first kappa shape index (κ1) is 16.9. The van der Waals surface area contributed by atoms with Crippen LogP contribution in [0.3, 0.4) is 0 Å². The van der Waals surface area contributed by atoms with Crippen molar-refractivity contribution in [3.8, 4) is 10.8 Å². The predicted octanol–water partition coefficient (Wildman–Crippen LogP) is 3.11. The Morgan fingerprint density at radius 2 is 2.23 bits per heavy atom. The van der Waals surface area contributed by atoms with Crippen molar-refractivity contribution in [2.45, 2.75) is 26.7 Å². The van der Waals surface area contributed by atoms with Crippen LogP contribution in [0.25, 0.3) is 10.8 Å². The van der Waals surface area contributed by atoms with Gasteiger partial charge in [-0.15, -0.1) is 11.3 Å². The normalized spacial score (nSPS) is 14.5. The van der Waals surface area contributed by atoms with E-state index in [2.05, 4.69) is 51.4 Å². The minimum absolute atomic E-state index is 0.0885. The minimum atomic E-state index is 0.0885. The average molecular weight is 367 g/mol. The smallest absolute Gasteiger partial charge is 0.265 e. The highest BCUT2D eigenvalue weighted by Gasteiger charge is 2.33. The van der Waals surface area contributed by atoms with Crippen LogP contribution in [0.5, 0.6) is 0 Å². The second-order valence-electron chi connectivity index (χ2n) is 6.75. The van der Waals surface area contributed by atoms with Crippen LogP contribution in [0.2, 0.25) is 0 Å². The van der Waals surface area contributed by atoms with Gasteiger partial charge in [0.05, 0.1) is 5.69 Å². The molecule has 0 radical (unpaired) electrons. The molecular weight excluding hydrogens is 346 g/mol. The molecule has 0 spiro atoms. The summed E-state index contributed by atoms with van der Waals surface area (Å²) in [5.74, 6) is 1.24. The third kappa shape index (κ3) is 3.26. The number of nitrogens with one attached hydrogen (secondary N) is 1. The number of carbonyl (C=O) groups is 1. The molecule has 1 fully saturated rings. The molecule has 1 saturated heterocycles. The Hall–Kier alpha value is -2.54. The molecule has 1 amide bonds. The van der Waals surface area contributed by atoms with Gasteiger partial charge in [0, 0.05) is 13.1 Å². The number of benzene rings is 1. The number of likely N-dealkylation sites (tertiary alicyclic amines) is 1. The van der Waals surface area contributed by atoms with Gasteiger partial charge in [-0.25, -0.2) is 9.97 Å². The lowest BCUT2D eigenvalue weighted by molar-refractivity contribution is 0.0505. The van der Waals surface area contributed by atoms with Gasteiger partial charge in [-0.05, 0) is 31.2 Å². The fraction of sp³-hybridized carbons (Fsp3) is 0.368. The lowest BCUT2D eigenvalue weighted by atomic mass is 9.91. The van der Waals surface area contributed by atoms with Crippen molar-refractivity contribution in [1.82, 2.24) is 25.1 Å². The minimum Gasteiger partial charge on any atom is -0.337 e. The molecule has 0 bridgehead atoms. The van der Waals surface area contributed by atoms with Crippen LogP contribution in [-0.4, -0.2) is 44.1 Å². The average Bonchev–Trinajstić information content (AvgIpc) is 3.26. The molecule has 3 aromatic rings. The highest BCUT2D eigenvalue weighted by molar-refractivity contribution is 7.17. The number of aromatic amines is 1. The molecule has 0 unspecified atom stereocenters. The first-order chi connectivity index (χ1) is 12.6. The molecule has 7 heteroatoms. The quantitative estimate of drug-likeness (QED) is 0.752. The summed E-state index contributed by atoms with van der Waals surface area (Å²) in [5, 5.41) is 7.40. The summed E-state index contributed by atoms with van der Waals surface area (Å²) in [6.07, 6.45) is 3.21. The Morgan fingerprint density at radius 1 is 1.38 bits per heavy atom. The standard InChI is InChI=1S/C19H21N5OS/c1-3-15-16(26-18(22-15)17-20-11-21-23-17)19(25)24-9-14(10-24)8-13-6-4-5-12(2)7-13/h4-7,11,14H,3,8-10H2,1-2H3,(H,20,21,23). The number of aryl methyl sites for hydroxylation is 2. The fourth-order valence-corrected chi connectivity index (χ4v) is 4.42. The summed E-state index contributed by atoms with van der Waals surface area (Å²) in [6, 6.07) is 8.61. The maximum absolute atomic E-state index is 12.9. The largest absolute Gasteiger partial charge is 0.337 e. The van der Waals surface area contributed by atoms with E-state index < -0.39 is 0 Å². The second kappa shape index (κ2) is 6.99. The van der Waals surface area contributed by atoms with Crippen LogP contribution >= 0.6 is 11.3 Å². The lowest BCUT2D eigenvalue weighted by Crippen LogP contribution is -2.50. The van der Waals surface area contributed by atoms with E-state index in [1.54, 1.807) is 0 Å². The van der Waals surface area contributed by atoms with Crippen LogP contribution < -0.4 is 0 Å². The summed E-state index contributed by atoms with van der Waals surface area (Å²) in [4.78, 5) is 24.3. The zero-order chi connectivity index (χ0) is 18.1. The third-order valence-electron chi connectivity index (χ3n) is 4.70. The molecule has 1 aliphatic heterocycles. The van der Waals surface area contributed by atoms with E-state index in [-0.39, 0.29) is 5.91 Å². The van der Waals surface area contributed by atoms with Gasteiger partial charge >= 0.3 is 0 Å².